The molecule has 0 bridgehead atoms. The van der Waals surface area contributed by atoms with Gasteiger partial charge < -0.3 is 10.1 Å². The molecular formula is C24H26N2O3. The van der Waals surface area contributed by atoms with Crippen molar-refractivity contribution in [1.82, 2.24) is 10.3 Å². The van der Waals surface area contributed by atoms with Gasteiger partial charge in [0.05, 0.1) is 11.1 Å². The molecule has 0 radical (unpaired) electrons. The summed E-state index contributed by atoms with van der Waals surface area (Å²) >= 11 is 0. The van der Waals surface area contributed by atoms with E-state index in [2.05, 4.69) is 22.4 Å². The molecule has 29 heavy (non-hydrogen) atoms. The van der Waals surface area contributed by atoms with Crippen molar-refractivity contribution < 1.29 is 14.3 Å². The van der Waals surface area contributed by atoms with E-state index >= 15 is 0 Å². The van der Waals surface area contributed by atoms with Crippen LogP contribution in [0.5, 0.6) is 0 Å². The van der Waals surface area contributed by atoms with Gasteiger partial charge in [0.2, 0.25) is 0 Å². The quantitative estimate of drug-likeness (QED) is 0.613. The van der Waals surface area contributed by atoms with Crippen molar-refractivity contribution in [1.29, 1.82) is 0 Å². The number of esters is 1. The van der Waals surface area contributed by atoms with Crippen LogP contribution >= 0.6 is 0 Å². The third kappa shape index (κ3) is 5.41. The molecule has 1 N–H and O–H groups in total. The summed E-state index contributed by atoms with van der Waals surface area (Å²) in [6.07, 6.45) is 0.803. The number of nitrogens with one attached hydrogen (secondary N) is 1. The van der Waals surface area contributed by atoms with Crippen molar-refractivity contribution in [2.24, 2.45) is 0 Å². The maximum Gasteiger partial charge on any atom is 0.339 e. The molecule has 0 saturated heterocycles. The lowest BCUT2D eigenvalue weighted by molar-refractivity contribution is -0.129. The van der Waals surface area contributed by atoms with Crippen LogP contribution in [-0.2, 0) is 16.0 Å². The molecule has 1 amide bonds. The van der Waals surface area contributed by atoms with E-state index < -0.39 is 12.1 Å². The topological polar surface area (TPSA) is 68.3 Å². The minimum atomic E-state index is -0.881. The van der Waals surface area contributed by atoms with Crippen LogP contribution < -0.4 is 5.32 Å². The molecule has 5 nitrogen and oxygen atoms in total. The summed E-state index contributed by atoms with van der Waals surface area (Å²) in [5.41, 5.74) is 3.10. The summed E-state index contributed by atoms with van der Waals surface area (Å²) in [7, 11) is 0. The number of para-hydroxylation sites is 1. The maximum atomic E-state index is 12.7. The number of carbonyl (C=O) groups excluding carboxylic acids is 2. The molecule has 0 aliphatic heterocycles. The van der Waals surface area contributed by atoms with Gasteiger partial charge in [0.1, 0.15) is 0 Å². The lowest BCUT2D eigenvalue weighted by Crippen LogP contribution is -2.41. The summed E-state index contributed by atoms with van der Waals surface area (Å²) in [6, 6.07) is 19.2. The highest BCUT2D eigenvalue weighted by atomic mass is 16.5. The molecule has 2 aromatic carbocycles. The summed E-state index contributed by atoms with van der Waals surface area (Å²) in [5, 5.41) is 3.64. The van der Waals surface area contributed by atoms with Crippen molar-refractivity contribution in [3.8, 4) is 0 Å². The van der Waals surface area contributed by atoms with Gasteiger partial charge in [0, 0.05) is 17.1 Å². The number of pyridine rings is 1. The van der Waals surface area contributed by atoms with Gasteiger partial charge >= 0.3 is 5.97 Å². The van der Waals surface area contributed by atoms with Gasteiger partial charge in [0.25, 0.3) is 5.91 Å². The Bertz CT molecular complexity index is 1000. The zero-order chi connectivity index (χ0) is 20.8. The Kier molecular flexibility index (Phi) is 6.60. The van der Waals surface area contributed by atoms with Crippen molar-refractivity contribution in [2.45, 2.75) is 45.8 Å². The number of amides is 1. The Morgan fingerprint density at radius 1 is 1.03 bits per heavy atom. The fourth-order valence-corrected chi connectivity index (χ4v) is 3.21. The number of hydrogen-bond donors (Lipinski definition) is 1. The minimum Gasteiger partial charge on any atom is -0.449 e. The Hall–Kier alpha value is -3.21. The summed E-state index contributed by atoms with van der Waals surface area (Å²) < 4.78 is 5.45. The predicted octanol–water partition coefficient (Wildman–Crippen LogP) is 4.23. The van der Waals surface area contributed by atoms with Crippen LogP contribution in [0.25, 0.3) is 10.9 Å². The molecule has 0 aliphatic rings. The van der Waals surface area contributed by atoms with Crippen LogP contribution in [-0.4, -0.2) is 29.0 Å². The van der Waals surface area contributed by atoms with Gasteiger partial charge in [-0.15, -0.1) is 0 Å². The molecule has 0 aliphatic carbocycles. The van der Waals surface area contributed by atoms with Gasteiger partial charge in [-0.3, -0.25) is 9.78 Å². The molecule has 1 heterocycles. The Balaban J connectivity index is 1.59. The van der Waals surface area contributed by atoms with Gasteiger partial charge in [-0.2, -0.15) is 0 Å². The first-order chi connectivity index (χ1) is 13.9. The number of benzene rings is 2. The fourth-order valence-electron chi connectivity index (χ4n) is 3.21. The van der Waals surface area contributed by atoms with Crippen LogP contribution in [0.3, 0.4) is 0 Å². The molecule has 3 aromatic rings. The first-order valence-corrected chi connectivity index (χ1v) is 9.85. The van der Waals surface area contributed by atoms with Crippen molar-refractivity contribution in [2.75, 3.05) is 0 Å². The molecule has 1 aromatic heterocycles. The van der Waals surface area contributed by atoms with Crippen molar-refractivity contribution >= 4 is 22.8 Å². The normalized spacial score (nSPS) is 12.9. The number of aromatic nitrogens is 1. The minimum absolute atomic E-state index is 0.0205. The van der Waals surface area contributed by atoms with Crippen LogP contribution in [0, 0.1) is 6.92 Å². The average Bonchev–Trinajstić information content (AvgIpc) is 2.72. The Morgan fingerprint density at radius 3 is 2.48 bits per heavy atom. The highest BCUT2D eigenvalue weighted by Crippen LogP contribution is 2.19. The number of nitrogens with zero attached hydrogens (tertiary/aromatic N) is 1. The number of fused-ring (bicyclic) bond motifs is 1. The lowest BCUT2D eigenvalue weighted by Gasteiger charge is -2.18. The highest BCUT2D eigenvalue weighted by molar-refractivity contribution is 6.04. The molecule has 3 rings (SSSR count). The number of rotatable bonds is 7. The molecular weight excluding hydrogens is 364 g/mol. The summed E-state index contributed by atoms with van der Waals surface area (Å²) in [5.74, 6) is -0.819. The number of ether oxygens (including phenoxy) is 1. The predicted molar refractivity (Wildman–Crippen MR) is 114 cm³/mol. The highest BCUT2D eigenvalue weighted by Gasteiger charge is 2.22. The number of aryl methyl sites for hydroxylation is 2. The summed E-state index contributed by atoms with van der Waals surface area (Å²) in [4.78, 5) is 29.6. The molecule has 0 saturated carbocycles. The second kappa shape index (κ2) is 9.32. The molecule has 0 fully saturated rings. The first kappa shape index (κ1) is 20.5. The zero-order valence-electron chi connectivity index (χ0n) is 17.0. The molecule has 5 heteroatoms. The van der Waals surface area contributed by atoms with E-state index in [4.69, 9.17) is 4.74 Å². The van der Waals surface area contributed by atoms with E-state index in [1.165, 1.54) is 5.56 Å². The first-order valence-electron chi connectivity index (χ1n) is 9.85. The van der Waals surface area contributed by atoms with E-state index in [1.54, 1.807) is 13.0 Å². The second-order valence-electron chi connectivity index (χ2n) is 7.31. The zero-order valence-corrected chi connectivity index (χ0v) is 17.0. The second-order valence-corrected chi connectivity index (χ2v) is 7.31. The third-order valence-corrected chi connectivity index (χ3v) is 4.81. The van der Waals surface area contributed by atoms with E-state index in [9.17, 15) is 9.59 Å². The maximum absolute atomic E-state index is 12.7. The van der Waals surface area contributed by atoms with E-state index in [-0.39, 0.29) is 11.9 Å². The molecule has 2 atom stereocenters. The number of carbonyl (C=O) groups is 2. The van der Waals surface area contributed by atoms with Crippen LogP contribution in [0.4, 0.5) is 0 Å². The van der Waals surface area contributed by atoms with Crippen molar-refractivity contribution in [3.63, 3.8) is 0 Å². The van der Waals surface area contributed by atoms with Crippen LogP contribution in [0.1, 0.15) is 41.9 Å². The fraction of sp³-hybridized carbons (Fsp3) is 0.292. The largest absolute Gasteiger partial charge is 0.449 e. The van der Waals surface area contributed by atoms with E-state index in [0.29, 0.717) is 10.9 Å². The van der Waals surface area contributed by atoms with Gasteiger partial charge in [-0.05, 0) is 51.3 Å². The molecule has 0 unspecified atom stereocenters. The molecule has 0 spiro atoms. The van der Waals surface area contributed by atoms with Gasteiger partial charge in [-0.25, -0.2) is 4.79 Å². The van der Waals surface area contributed by atoms with Gasteiger partial charge in [-0.1, -0.05) is 48.5 Å². The van der Waals surface area contributed by atoms with Gasteiger partial charge in [0.15, 0.2) is 6.10 Å². The van der Waals surface area contributed by atoms with Crippen LogP contribution in [0.2, 0.25) is 0 Å². The Morgan fingerprint density at radius 2 is 1.72 bits per heavy atom. The SMILES string of the molecule is Cc1cc(C(=O)O[C@H](C)C(=O)N[C@@H](C)CCc2ccccc2)c2ccccc2n1. The van der Waals surface area contributed by atoms with E-state index in [1.807, 2.05) is 56.3 Å². The van der Waals surface area contributed by atoms with Crippen LogP contribution in [0.15, 0.2) is 60.7 Å². The average molecular weight is 390 g/mol. The monoisotopic (exact) mass is 390 g/mol. The molecule has 150 valence electrons. The van der Waals surface area contributed by atoms with Crippen molar-refractivity contribution in [3.05, 3.63) is 77.5 Å². The smallest absolute Gasteiger partial charge is 0.339 e. The van der Waals surface area contributed by atoms with E-state index in [0.717, 1.165) is 24.1 Å². The number of hydrogen-bond acceptors (Lipinski definition) is 4. The third-order valence-electron chi connectivity index (χ3n) is 4.81. The summed E-state index contributed by atoms with van der Waals surface area (Å²) in [6.45, 7) is 5.37. The standard InChI is InChI=1S/C24H26N2O3/c1-16(13-14-19-9-5-4-6-10-19)26-23(27)18(3)29-24(28)21-15-17(2)25-22-12-8-7-11-20(21)22/h4-12,15-16,18H,13-14H2,1-3H3,(H,26,27)/t16-,18+/m0/s1. The Labute approximate surface area is 171 Å². The lowest BCUT2D eigenvalue weighted by atomic mass is 10.1.